The minimum atomic E-state index is -4.92. The Kier molecular flexibility index (Phi) is 15.9. The molecule has 0 saturated heterocycles. The fourth-order valence-electron chi connectivity index (χ4n) is 6.35. The molecule has 0 bridgehead atoms. The molecule has 1 unspecified atom stereocenters. The SMILES string of the molecule is CCCCCCCCCCCCCCC(C(=O)NCCC)n1c(=O)c2c(nc(Oc3cccc(OC(F)(F)F)c3)n2Cc2ccc(Cl)cc2)n(C)c1=O. The van der Waals surface area contributed by atoms with E-state index in [-0.39, 0.29) is 35.9 Å². The Bertz CT molecular complexity index is 1890. The number of halogens is 4. The van der Waals surface area contributed by atoms with Gasteiger partial charge in [-0.1, -0.05) is 121 Å². The van der Waals surface area contributed by atoms with Gasteiger partial charge >= 0.3 is 18.1 Å². The van der Waals surface area contributed by atoms with Crippen molar-refractivity contribution < 1.29 is 27.4 Å². The van der Waals surface area contributed by atoms with Gasteiger partial charge in [0.1, 0.15) is 17.5 Å². The predicted molar refractivity (Wildman–Crippen MR) is 201 cm³/mol. The van der Waals surface area contributed by atoms with E-state index in [2.05, 4.69) is 22.0 Å². The van der Waals surface area contributed by atoms with Crippen LogP contribution < -0.4 is 26.0 Å². The zero-order valence-electron chi connectivity index (χ0n) is 30.9. The monoisotopic (exact) mass is 761 g/mol. The maximum absolute atomic E-state index is 14.5. The highest BCUT2D eigenvalue weighted by atomic mass is 35.5. The molecule has 0 radical (unpaired) electrons. The summed E-state index contributed by atoms with van der Waals surface area (Å²) in [5.41, 5.74) is -0.782. The van der Waals surface area contributed by atoms with Crippen molar-refractivity contribution >= 4 is 28.7 Å². The number of imidazole rings is 1. The second-order valence-corrected chi connectivity index (χ2v) is 13.8. The van der Waals surface area contributed by atoms with E-state index < -0.39 is 35.3 Å². The first-order chi connectivity index (χ1) is 25.4. The molecule has 0 fully saturated rings. The Morgan fingerprint density at radius 1 is 0.868 bits per heavy atom. The third kappa shape index (κ3) is 12.1. The third-order valence-corrected chi connectivity index (χ3v) is 9.40. The van der Waals surface area contributed by atoms with Crippen molar-refractivity contribution in [3.8, 4) is 17.5 Å². The van der Waals surface area contributed by atoms with E-state index in [9.17, 15) is 27.6 Å². The van der Waals surface area contributed by atoms with Gasteiger partial charge in [-0.15, -0.1) is 13.2 Å². The molecule has 1 amide bonds. The van der Waals surface area contributed by atoms with Crippen LogP contribution in [0.15, 0.2) is 58.1 Å². The van der Waals surface area contributed by atoms with Crippen molar-refractivity contribution in [3.63, 3.8) is 0 Å². The Hall–Kier alpha value is -4.26. The third-order valence-electron chi connectivity index (χ3n) is 9.14. The van der Waals surface area contributed by atoms with Crippen LogP contribution in [0.3, 0.4) is 0 Å². The maximum Gasteiger partial charge on any atom is 0.573 e. The van der Waals surface area contributed by atoms with Crippen molar-refractivity contribution in [2.75, 3.05) is 6.54 Å². The number of hydrogen-bond donors (Lipinski definition) is 1. The van der Waals surface area contributed by atoms with E-state index in [4.69, 9.17) is 16.3 Å². The molecule has 1 N–H and O–H groups in total. The van der Waals surface area contributed by atoms with E-state index in [1.54, 1.807) is 24.3 Å². The Balaban J connectivity index is 1.65. The summed E-state index contributed by atoms with van der Waals surface area (Å²) in [7, 11) is 1.45. The van der Waals surface area contributed by atoms with Crippen molar-refractivity contribution in [3.05, 3.63) is 80.0 Å². The molecule has 10 nitrogen and oxygen atoms in total. The number of alkyl halides is 3. The number of unbranched alkanes of at least 4 members (excludes halogenated alkanes) is 11. The number of amides is 1. The van der Waals surface area contributed by atoms with Crippen LogP contribution in [0, 0.1) is 0 Å². The minimum Gasteiger partial charge on any atom is -0.425 e. The van der Waals surface area contributed by atoms with Crippen molar-refractivity contribution in [2.45, 2.75) is 123 Å². The highest BCUT2D eigenvalue weighted by Gasteiger charge is 2.32. The average molecular weight is 762 g/mol. The molecule has 53 heavy (non-hydrogen) atoms. The minimum absolute atomic E-state index is 0.0114. The van der Waals surface area contributed by atoms with Crippen LogP contribution >= 0.6 is 11.6 Å². The van der Waals surface area contributed by atoms with Crippen molar-refractivity contribution in [2.24, 2.45) is 7.05 Å². The van der Waals surface area contributed by atoms with Gasteiger partial charge in [0, 0.05) is 24.7 Å². The summed E-state index contributed by atoms with van der Waals surface area (Å²) < 4.78 is 52.5. The number of hydrogen-bond acceptors (Lipinski definition) is 6. The lowest BCUT2D eigenvalue weighted by Gasteiger charge is -2.20. The molecule has 0 aliphatic heterocycles. The molecule has 4 aromatic rings. The van der Waals surface area contributed by atoms with E-state index in [1.165, 1.54) is 73.3 Å². The number of aryl methyl sites for hydroxylation is 1. The van der Waals surface area contributed by atoms with Gasteiger partial charge in [-0.05, 0) is 42.7 Å². The zero-order valence-corrected chi connectivity index (χ0v) is 31.6. The summed E-state index contributed by atoms with van der Waals surface area (Å²) in [6, 6.07) is 10.5. The molecule has 0 aliphatic rings. The number of carbonyl (C=O) groups excluding carboxylic acids is 1. The van der Waals surface area contributed by atoms with E-state index >= 15 is 0 Å². The van der Waals surface area contributed by atoms with E-state index in [0.717, 1.165) is 42.4 Å². The molecular formula is C39H51ClF3N5O5. The number of fused-ring (bicyclic) bond motifs is 1. The summed E-state index contributed by atoms with van der Waals surface area (Å²) in [5, 5.41) is 3.36. The van der Waals surface area contributed by atoms with Gasteiger partial charge in [0.25, 0.3) is 5.56 Å². The highest BCUT2D eigenvalue weighted by molar-refractivity contribution is 6.30. The highest BCUT2D eigenvalue weighted by Crippen LogP contribution is 2.30. The fraction of sp³-hybridized carbons (Fsp3) is 0.538. The van der Waals surface area contributed by atoms with E-state index in [0.29, 0.717) is 30.0 Å². The van der Waals surface area contributed by atoms with Gasteiger partial charge in [0.05, 0.1) is 6.54 Å². The average Bonchev–Trinajstić information content (AvgIpc) is 3.47. The maximum atomic E-state index is 14.5. The van der Waals surface area contributed by atoms with Crippen LogP contribution in [0.1, 0.15) is 115 Å². The first kappa shape index (κ1) is 41.5. The number of benzene rings is 2. The summed E-state index contributed by atoms with van der Waals surface area (Å²) >= 11 is 6.12. The molecule has 1 atom stereocenters. The Morgan fingerprint density at radius 3 is 2.08 bits per heavy atom. The standard InChI is InChI=1S/C39H51ClF3N5O5/c1-4-6-7-8-9-10-11-12-13-14-15-16-20-32(35(49)44-25-5-2)48-36(50)33-34(46(3)38(48)51)45-37(47(33)27-28-21-23-29(40)24-22-28)52-30-18-17-19-31(26-30)53-39(41,42)43/h17-19,21-24,26,32H,4-16,20,25,27H2,1-3H3,(H,44,49). The molecule has 2 aromatic heterocycles. The lowest BCUT2D eigenvalue weighted by molar-refractivity contribution is -0.274. The molecule has 4 rings (SSSR count). The van der Waals surface area contributed by atoms with Crippen LogP contribution in [-0.4, -0.2) is 37.5 Å². The normalized spacial score (nSPS) is 12.3. The van der Waals surface area contributed by atoms with Crippen LogP contribution in [0.2, 0.25) is 5.02 Å². The molecule has 2 heterocycles. The second kappa shape index (κ2) is 20.3. The Morgan fingerprint density at radius 2 is 1.47 bits per heavy atom. The largest absolute Gasteiger partial charge is 0.573 e. The van der Waals surface area contributed by atoms with Crippen LogP contribution in [0.4, 0.5) is 13.2 Å². The van der Waals surface area contributed by atoms with Crippen LogP contribution in [-0.2, 0) is 18.4 Å². The van der Waals surface area contributed by atoms with Gasteiger partial charge in [-0.3, -0.25) is 18.7 Å². The summed E-state index contributed by atoms with van der Waals surface area (Å²) in [6.07, 6.45) is 9.67. The number of carbonyl (C=O) groups is 1. The number of rotatable bonds is 22. The van der Waals surface area contributed by atoms with E-state index in [1.807, 2.05) is 6.92 Å². The second-order valence-electron chi connectivity index (χ2n) is 13.4. The lowest BCUT2D eigenvalue weighted by atomic mass is 10.0. The number of nitrogens with zero attached hydrogens (tertiary/aromatic N) is 4. The van der Waals surface area contributed by atoms with Gasteiger partial charge in [-0.2, -0.15) is 4.98 Å². The summed E-state index contributed by atoms with van der Waals surface area (Å²) in [5.74, 6) is -0.979. The summed E-state index contributed by atoms with van der Waals surface area (Å²) in [4.78, 5) is 46.5. The summed E-state index contributed by atoms with van der Waals surface area (Å²) in [6.45, 7) is 4.55. The van der Waals surface area contributed by atoms with Gasteiger partial charge in [-0.25, -0.2) is 9.36 Å². The molecule has 290 valence electrons. The number of nitrogens with one attached hydrogen (secondary N) is 1. The molecular weight excluding hydrogens is 711 g/mol. The molecule has 2 aromatic carbocycles. The van der Waals surface area contributed by atoms with Crippen molar-refractivity contribution in [1.29, 1.82) is 0 Å². The quantitative estimate of drug-likeness (QED) is 0.0800. The zero-order chi connectivity index (χ0) is 38.4. The molecule has 0 aliphatic carbocycles. The molecule has 0 saturated carbocycles. The van der Waals surface area contributed by atoms with Crippen molar-refractivity contribution in [1.82, 2.24) is 24.0 Å². The first-order valence-electron chi connectivity index (χ1n) is 18.7. The smallest absolute Gasteiger partial charge is 0.425 e. The fourth-order valence-corrected chi connectivity index (χ4v) is 6.48. The van der Waals surface area contributed by atoms with Crippen LogP contribution in [0.25, 0.3) is 11.2 Å². The topological polar surface area (TPSA) is 109 Å². The number of aromatic nitrogens is 4. The lowest BCUT2D eigenvalue weighted by Crippen LogP contribution is -2.47. The predicted octanol–water partition coefficient (Wildman–Crippen LogP) is 9.45. The Labute approximate surface area is 313 Å². The first-order valence-corrected chi connectivity index (χ1v) is 19.1. The number of ether oxygens (including phenoxy) is 2. The molecule has 14 heteroatoms. The van der Waals surface area contributed by atoms with Gasteiger partial charge in [0.2, 0.25) is 5.91 Å². The van der Waals surface area contributed by atoms with Gasteiger partial charge in [0.15, 0.2) is 11.2 Å². The van der Waals surface area contributed by atoms with Gasteiger partial charge < -0.3 is 14.8 Å². The van der Waals surface area contributed by atoms with Crippen LogP contribution in [0.5, 0.6) is 17.5 Å². The molecule has 0 spiro atoms.